The van der Waals surface area contributed by atoms with E-state index in [1.807, 2.05) is 0 Å². The van der Waals surface area contributed by atoms with Gasteiger partial charge in [0, 0.05) is 19.4 Å². The van der Waals surface area contributed by atoms with Gasteiger partial charge in [0.25, 0.3) is 0 Å². The molecule has 10 heteroatoms. The first-order valence-corrected chi connectivity index (χ1v) is 21.3. The summed E-state index contributed by atoms with van der Waals surface area (Å²) in [6.45, 7) is 3.53. The van der Waals surface area contributed by atoms with Crippen LogP contribution in [0.15, 0.2) is 60.8 Å². The maximum Gasteiger partial charge on any atom is 0.472 e. The second-order valence-corrected chi connectivity index (χ2v) is 14.2. The first-order valence-electron chi connectivity index (χ1n) is 19.8. The van der Waals surface area contributed by atoms with Crippen molar-refractivity contribution in [2.45, 2.75) is 161 Å². The third-order valence-electron chi connectivity index (χ3n) is 7.92. The number of carbonyl (C=O) groups excluding carboxylic acids is 2. The molecule has 0 aliphatic heterocycles. The summed E-state index contributed by atoms with van der Waals surface area (Å²) >= 11 is 0. The summed E-state index contributed by atoms with van der Waals surface area (Å²) in [6.07, 6.45) is 42.7. The predicted octanol–water partition coefficient (Wildman–Crippen LogP) is 10.9. The Morgan fingerprint density at radius 3 is 1.61 bits per heavy atom. The Hall–Kier alpha value is -2.29. The van der Waals surface area contributed by atoms with Crippen molar-refractivity contribution >= 4 is 19.8 Å². The summed E-state index contributed by atoms with van der Waals surface area (Å²) in [7, 11) is -4.37. The van der Waals surface area contributed by atoms with Crippen LogP contribution in [0.5, 0.6) is 0 Å². The third-order valence-corrected chi connectivity index (χ3v) is 8.90. The average Bonchev–Trinajstić information content (AvgIpc) is 3.11. The van der Waals surface area contributed by atoms with Crippen molar-refractivity contribution in [2.24, 2.45) is 5.73 Å². The molecular weight excluding hydrogens is 665 g/mol. The molecule has 9 nitrogen and oxygen atoms in total. The topological polar surface area (TPSA) is 134 Å². The first-order chi connectivity index (χ1) is 24.8. The van der Waals surface area contributed by atoms with Crippen LogP contribution < -0.4 is 5.73 Å². The van der Waals surface area contributed by atoms with E-state index in [4.69, 9.17) is 24.3 Å². The van der Waals surface area contributed by atoms with Gasteiger partial charge in [-0.3, -0.25) is 18.6 Å². The number of rotatable bonds is 36. The van der Waals surface area contributed by atoms with Gasteiger partial charge in [-0.1, -0.05) is 145 Å². The minimum Gasteiger partial charge on any atom is -0.462 e. The molecule has 0 saturated carbocycles. The quantitative estimate of drug-likeness (QED) is 0.0279. The molecule has 0 fully saturated rings. The van der Waals surface area contributed by atoms with Crippen LogP contribution in [-0.4, -0.2) is 49.3 Å². The lowest BCUT2D eigenvalue weighted by atomic mass is 10.1. The highest BCUT2D eigenvalue weighted by Gasteiger charge is 2.25. The van der Waals surface area contributed by atoms with Crippen molar-refractivity contribution in [1.82, 2.24) is 0 Å². The van der Waals surface area contributed by atoms with E-state index in [9.17, 15) is 19.0 Å². The molecule has 294 valence electrons. The van der Waals surface area contributed by atoms with Crippen LogP contribution in [0.3, 0.4) is 0 Å². The molecule has 0 bridgehead atoms. The largest absolute Gasteiger partial charge is 0.472 e. The molecule has 0 spiro atoms. The lowest BCUT2D eigenvalue weighted by Gasteiger charge is -2.19. The predicted molar refractivity (Wildman–Crippen MR) is 210 cm³/mol. The van der Waals surface area contributed by atoms with E-state index in [0.717, 1.165) is 83.5 Å². The van der Waals surface area contributed by atoms with Crippen LogP contribution in [0.1, 0.15) is 155 Å². The highest BCUT2D eigenvalue weighted by molar-refractivity contribution is 7.47. The molecule has 0 amide bonds. The van der Waals surface area contributed by atoms with Crippen LogP contribution in [0, 0.1) is 0 Å². The van der Waals surface area contributed by atoms with E-state index in [1.54, 1.807) is 0 Å². The van der Waals surface area contributed by atoms with E-state index >= 15 is 0 Å². The maximum absolute atomic E-state index is 12.5. The van der Waals surface area contributed by atoms with Crippen molar-refractivity contribution in [3.8, 4) is 0 Å². The van der Waals surface area contributed by atoms with Crippen LogP contribution >= 0.6 is 7.82 Å². The number of phosphoric acid groups is 1. The summed E-state index contributed by atoms with van der Waals surface area (Å²) in [5, 5.41) is 0. The molecule has 0 aliphatic carbocycles. The van der Waals surface area contributed by atoms with Crippen LogP contribution in [0.25, 0.3) is 0 Å². The van der Waals surface area contributed by atoms with Crippen molar-refractivity contribution in [1.29, 1.82) is 0 Å². The smallest absolute Gasteiger partial charge is 0.462 e. The van der Waals surface area contributed by atoms with E-state index in [-0.39, 0.29) is 32.6 Å². The Morgan fingerprint density at radius 2 is 1.08 bits per heavy atom. The van der Waals surface area contributed by atoms with E-state index in [2.05, 4.69) is 74.6 Å². The SMILES string of the molecule is CC/C=C\C/C=C\C/C=C\C/C=C\C/C=C\CCCCCCCCCC(=O)OC(COC(=O)CCCCCCCCC)COP(=O)(O)OCCN. The zero-order valence-corrected chi connectivity index (χ0v) is 33.0. The van der Waals surface area contributed by atoms with Gasteiger partial charge < -0.3 is 20.1 Å². The Labute approximate surface area is 310 Å². The molecule has 0 rings (SSSR count). The van der Waals surface area contributed by atoms with Crippen molar-refractivity contribution in [3.05, 3.63) is 60.8 Å². The summed E-state index contributed by atoms with van der Waals surface area (Å²) in [4.78, 5) is 34.6. The molecule has 2 unspecified atom stereocenters. The Bertz CT molecular complexity index is 1020. The monoisotopic (exact) mass is 737 g/mol. The van der Waals surface area contributed by atoms with Gasteiger partial charge in [0.1, 0.15) is 6.61 Å². The highest BCUT2D eigenvalue weighted by atomic mass is 31.2. The summed E-state index contributed by atoms with van der Waals surface area (Å²) < 4.78 is 32.5. The number of hydrogen-bond donors (Lipinski definition) is 2. The zero-order valence-electron chi connectivity index (χ0n) is 32.1. The molecule has 3 N–H and O–H groups in total. The van der Waals surface area contributed by atoms with Crippen LogP contribution in [-0.2, 0) is 32.7 Å². The highest BCUT2D eigenvalue weighted by Crippen LogP contribution is 2.43. The number of hydrogen-bond acceptors (Lipinski definition) is 8. The van der Waals surface area contributed by atoms with Crippen molar-refractivity contribution < 1.29 is 37.6 Å². The molecule has 2 atom stereocenters. The van der Waals surface area contributed by atoms with Crippen molar-refractivity contribution in [3.63, 3.8) is 0 Å². The fraction of sp³-hybridized carbons (Fsp3) is 0.707. The number of phosphoric ester groups is 1. The molecule has 0 aliphatic rings. The molecule has 0 radical (unpaired) electrons. The number of unbranched alkanes of at least 4 members (excludes halogenated alkanes) is 13. The van der Waals surface area contributed by atoms with Gasteiger partial charge in [-0.2, -0.15) is 0 Å². The molecule has 0 saturated heterocycles. The molecule has 0 aromatic carbocycles. The normalized spacial score (nSPS) is 14.0. The van der Waals surface area contributed by atoms with Gasteiger partial charge >= 0.3 is 19.8 Å². The van der Waals surface area contributed by atoms with Gasteiger partial charge in [-0.25, -0.2) is 4.57 Å². The van der Waals surface area contributed by atoms with Gasteiger partial charge in [0.15, 0.2) is 6.10 Å². The fourth-order valence-corrected chi connectivity index (χ4v) is 5.78. The average molecular weight is 738 g/mol. The molecule has 51 heavy (non-hydrogen) atoms. The first kappa shape index (κ1) is 48.7. The van der Waals surface area contributed by atoms with Gasteiger partial charge in [-0.05, 0) is 57.8 Å². The Balaban J connectivity index is 4.11. The zero-order chi connectivity index (χ0) is 37.5. The van der Waals surface area contributed by atoms with Gasteiger partial charge in [0.2, 0.25) is 0 Å². The minimum absolute atomic E-state index is 0.0493. The summed E-state index contributed by atoms with van der Waals surface area (Å²) in [5.41, 5.74) is 5.32. The molecule has 0 aromatic rings. The standard InChI is InChI=1S/C41H72NO8P/c1-3-5-7-9-11-12-13-14-15-16-17-18-19-20-21-22-23-24-25-26-28-30-32-34-41(44)50-39(38-49-51(45,46)48-36-35-42)37-47-40(43)33-31-29-27-10-8-6-4-2/h5,7,11-12,14-15,17-18,20-21,39H,3-4,6,8-10,13,16,19,22-38,42H2,1-2H3,(H,45,46)/b7-5-,12-11-,15-14-,18-17-,21-20-. The number of ether oxygens (including phenoxy) is 2. The van der Waals surface area contributed by atoms with E-state index in [0.29, 0.717) is 6.42 Å². The third kappa shape index (κ3) is 37.3. The minimum atomic E-state index is -4.37. The fourth-order valence-electron chi connectivity index (χ4n) is 5.01. The number of allylic oxidation sites excluding steroid dienone is 10. The second-order valence-electron chi connectivity index (χ2n) is 12.8. The lowest BCUT2D eigenvalue weighted by Crippen LogP contribution is -2.29. The molecule has 0 aromatic heterocycles. The van der Waals surface area contributed by atoms with Crippen molar-refractivity contribution in [2.75, 3.05) is 26.4 Å². The van der Waals surface area contributed by atoms with Gasteiger partial charge in [-0.15, -0.1) is 0 Å². The second kappa shape index (κ2) is 37.5. The number of carbonyl (C=O) groups is 2. The van der Waals surface area contributed by atoms with Gasteiger partial charge in [0.05, 0.1) is 13.2 Å². The van der Waals surface area contributed by atoms with E-state index < -0.39 is 32.5 Å². The summed E-state index contributed by atoms with van der Waals surface area (Å²) in [6, 6.07) is 0. The number of nitrogens with two attached hydrogens (primary N) is 1. The van der Waals surface area contributed by atoms with Crippen LogP contribution in [0.4, 0.5) is 0 Å². The summed E-state index contributed by atoms with van der Waals surface area (Å²) in [5.74, 6) is -0.853. The Kier molecular flexibility index (Phi) is 35.8. The van der Waals surface area contributed by atoms with E-state index in [1.165, 1.54) is 38.5 Å². The maximum atomic E-state index is 12.5. The Morgan fingerprint density at radius 1 is 0.608 bits per heavy atom. The van der Waals surface area contributed by atoms with Crippen LogP contribution in [0.2, 0.25) is 0 Å². The number of esters is 2. The molecule has 0 heterocycles. The molecular formula is C41H72NO8P. The lowest BCUT2D eigenvalue weighted by molar-refractivity contribution is -0.161.